The zero-order valence-corrected chi connectivity index (χ0v) is 15.1. The fourth-order valence-corrected chi connectivity index (χ4v) is 3.60. The summed E-state index contributed by atoms with van der Waals surface area (Å²) < 4.78 is 38.4. The molecule has 0 saturated heterocycles. The van der Waals surface area contributed by atoms with Gasteiger partial charge in [-0.1, -0.05) is 29.8 Å². The van der Waals surface area contributed by atoms with Crippen LogP contribution in [-0.2, 0) is 22.5 Å². The van der Waals surface area contributed by atoms with E-state index in [0.29, 0.717) is 24.4 Å². The summed E-state index contributed by atoms with van der Waals surface area (Å²) in [5, 5.41) is 0. The highest BCUT2D eigenvalue weighted by molar-refractivity contribution is 5.76. The van der Waals surface area contributed by atoms with E-state index in [-0.39, 0.29) is 6.54 Å². The number of nitrogens with zero attached hydrogens (tertiary/aromatic N) is 2. The smallest absolute Gasteiger partial charge is 0.341 e. The highest BCUT2D eigenvalue weighted by atomic mass is 19.4. The topological polar surface area (TPSA) is 81.0 Å². The molecule has 0 fully saturated rings. The van der Waals surface area contributed by atoms with Gasteiger partial charge in [-0.05, 0) is 13.3 Å². The third-order valence-electron chi connectivity index (χ3n) is 4.70. The summed E-state index contributed by atoms with van der Waals surface area (Å²) in [7, 11) is 0. The molecule has 6 nitrogen and oxygen atoms in total. The van der Waals surface area contributed by atoms with Crippen molar-refractivity contribution in [2.45, 2.75) is 44.9 Å². The number of aryl methyl sites for hydroxylation is 1. The SMILES string of the molecule is CCc1cnc([C@@H]2Cc3ccccc3[N@@+]2(CC(C)N)OC(=O)C(F)(F)F)[nH]1. The van der Waals surface area contributed by atoms with Gasteiger partial charge in [0.25, 0.3) is 0 Å². The molecule has 1 aromatic carbocycles. The van der Waals surface area contributed by atoms with Crippen LogP contribution in [-0.4, -0.2) is 34.7 Å². The summed E-state index contributed by atoms with van der Waals surface area (Å²) in [5.41, 5.74) is 8.09. The van der Waals surface area contributed by atoms with Crippen molar-refractivity contribution in [1.82, 2.24) is 14.6 Å². The first-order valence-electron chi connectivity index (χ1n) is 8.73. The van der Waals surface area contributed by atoms with Crippen LogP contribution in [0.3, 0.4) is 0 Å². The Balaban J connectivity index is 2.14. The van der Waals surface area contributed by atoms with E-state index in [4.69, 9.17) is 10.6 Å². The first-order valence-corrected chi connectivity index (χ1v) is 8.73. The standard InChI is InChI=1S/C18H22F3N4O2/c1-3-13-9-23-16(24-13)15-8-12-6-4-5-7-14(12)25(15,10-11(2)22)27-17(26)18(19,20)21/h4-7,9,11,15H,3,8,10,22H2,1-2H3,(H,23,24)/q+1/t11?,15-,25+/m0/s1. The largest absolute Gasteiger partial charge is 0.497 e. The Morgan fingerprint density at radius 1 is 1.44 bits per heavy atom. The molecule has 0 radical (unpaired) electrons. The number of fused-ring (bicyclic) bond motifs is 1. The number of rotatable bonds is 5. The summed E-state index contributed by atoms with van der Waals surface area (Å²) in [6, 6.07) is 5.84. The van der Waals surface area contributed by atoms with Crippen LogP contribution >= 0.6 is 0 Å². The lowest BCUT2D eigenvalue weighted by atomic mass is 10.1. The number of alkyl halides is 3. The molecule has 0 saturated carbocycles. The van der Waals surface area contributed by atoms with E-state index in [0.717, 1.165) is 11.3 Å². The Hall–Kier alpha value is -2.39. The molecule has 3 rings (SSSR count). The third kappa shape index (κ3) is 3.57. The lowest BCUT2D eigenvalue weighted by Gasteiger charge is -2.36. The maximum Gasteiger partial charge on any atom is 0.497 e. The molecule has 0 spiro atoms. The minimum absolute atomic E-state index is 0.00828. The summed E-state index contributed by atoms with van der Waals surface area (Å²) in [5.74, 6) is -1.77. The molecule has 0 bridgehead atoms. The van der Waals surface area contributed by atoms with Crippen molar-refractivity contribution in [2.24, 2.45) is 5.73 Å². The average Bonchev–Trinajstić information content (AvgIpc) is 3.17. The predicted octanol–water partition coefficient (Wildman–Crippen LogP) is 2.94. The monoisotopic (exact) mass is 383 g/mol. The number of para-hydroxylation sites is 1. The Labute approximate surface area is 154 Å². The zero-order valence-electron chi connectivity index (χ0n) is 15.1. The second-order valence-corrected chi connectivity index (χ2v) is 6.83. The summed E-state index contributed by atoms with van der Waals surface area (Å²) in [4.78, 5) is 24.4. The van der Waals surface area contributed by atoms with Crippen LogP contribution in [0.1, 0.15) is 37.0 Å². The van der Waals surface area contributed by atoms with Gasteiger partial charge < -0.3 is 10.7 Å². The van der Waals surface area contributed by atoms with Crippen molar-refractivity contribution >= 4 is 11.7 Å². The molecule has 1 aliphatic heterocycles. The third-order valence-corrected chi connectivity index (χ3v) is 4.70. The molecule has 2 heterocycles. The number of imidazole rings is 1. The second kappa shape index (κ2) is 6.97. The second-order valence-electron chi connectivity index (χ2n) is 6.83. The van der Waals surface area contributed by atoms with Gasteiger partial charge in [-0.25, -0.2) is 9.78 Å². The minimum atomic E-state index is -5.11. The molecule has 27 heavy (non-hydrogen) atoms. The van der Waals surface area contributed by atoms with Crippen LogP contribution in [0.25, 0.3) is 0 Å². The number of hydrogen-bond donors (Lipinski definition) is 2. The molecule has 0 amide bonds. The Kier molecular flexibility index (Phi) is 5.00. The lowest BCUT2D eigenvalue weighted by molar-refractivity contribution is -0.241. The van der Waals surface area contributed by atoms with E-state index in [1.165, 1.54) is 0 Å². The zero-order chi connectivity index (χ0) is 19.8. The predicted molar refractivity (Wildman–Crippen MR) is 93.3 cm³/mol. The highest BCUT2D eigenvalue weighted by Crippen LogP contribution is 2.47. The first-order chi connectivity index (χ1) is 12.7. The molecule has 1 unspecified atom stereocenters. The first kappa shape index (κ1) is 19.4. The molecule has 1 aromatic heterocycles. The van der Waals surface area contributed by atoms with Crippen LogP contribution in [0.15, 0.2) is 30.5 Å². The Morgan fingerprint density at radius 2 is 2.15 bits per heavy atom. The van der Waals surface area contributed by atoms with E-state index in [1.807, 2.05) is 13.0 Å². The average molecular weight is 383 g/mol. The van der Waals surface area contributed by atoms with Crippen LogP contribution in [0.4, 0.5) is 18.9 Å². The van der Waals surface area contributed by atoms with Gasteiger partial charge in [0.1, 0.15) is 6.54 Å². The molecule has 3 N–H and O–H groups in total. The number of carbonyl (C=O) groups is 1. The molecular weight excluding hydrogens is 361 g/mol. The van der Waals surface area contributed by atoms with Gasteiger partial charge in [-0.2, -0.15) is 13.2 Å². The Morgan fingerprint density at radius 3 is 2.74 bits per heavy atom. The van der Waals surface area contributed by atoms with E-state index in [1.54, 1.807) is 31.3 Å². The van der Waals surface area contributed by atoms with Gasteiger partial charge in [0.15, 0.2) is 17.6 Å². The number of benzene rings is 1. The molecule has 1 aliphatic rings. The van der Waals surface area contributed by atoms with Gasteiger partial charge >= 0.3 is 12.1 Å². The van der Waals surface area contributed by atoms with Crippen LogP contribution in [0.5, 0.6) is 0 Å². The molecular formula is C18H22F3N4O2+. The number of aromatic amines is 1. The number of carbonyl (C=O) groups excluding carboxylic acids is 1. The number of hydrogen-bond acceptors (Lipinski definition) is 4. The quantitative estimate of drug-likeness (QED) is 0.778. The number of nitrogens with two attached hydrogens (primary N) is 1. The number of H-pyrrole nitrogens is 1. The van der Waals surface area contributed by atoms with Crippen LogP contribution in [0, 0.1) is 0 Å². The number of quaternary nitrogens is 1. The maximum atomic E-state index is 13.0. The number of aromatic nitrogens is 2. The lowest BCUT2D eigenvalue weighted by Crippen LogP contribution is -2.57. The van der Waals surface area contributed by atoms with Gasteiger partial charge in [0.05, 0.1) is 6.04 Å². The van der Waals surface area contributed by atoms with Crippen molar-refractivity contribution in [3.05, 3.63) is 47.5 Å². The van der Waals surface area contributed by atoms with Crippen molar-refractivity contribution in [3.63, 3.8) is 0 Å². The van der Waals surface area contributed by atoms with Crippen molar-refractivity contribution in [2.75, 3.05) is 6.54 Å². The molecule has 9 heteroatoms. The molecule has 3 atom stereocenters. The summed E-state index contributed by atoms with van der Waals surface area (Å²) >= 11 is 0. The van der Waals surface area contributed by atoms with Gasteiger partial charge in [-0.3, -0.25) is 4.84 Å². The van der Waals surface area contributed by atoms with Gasteiger partial charge in [0.2, 0.25) is 0 Å². The van der Waals surface area contributed by atoms with E-state index in [9.17, 15) is 18.0 Å². The van der Waals surface area contributed by atoms with Crippen molar-refractivity contribution in [1.29, 1.82) is 0 Å². The number of halogens is 3. The van der Waals surface area contributed by atoms with Crippen LogP contribution in [0.2, 0.25) is 0 Å². The molecule has 0 aliphatic carbocycles. The fraction of sp³-hybridized carbons (Fsp3) is 0.444. The molecule has 2 aromatic rings. The minimum Gasteiger partial charge on any atom is -0.341 e. The fourth-order valence-electron chi connectivity index (χ4n) is 3.60. The van der Waals surface area contributed by atoms with E-state index in [2.05, 4.69) is 9.97 Å². The normalized spacial score (nSPS) is 23.1. The van der Waals surface area contributed by atoms with E-state index < -0.39 is 28.9 Å². The van der Waals surface area contributed by atoms with Gasteiger partial charge in [-0.15, -0.1) is 0 Å². The maximum absolute atomic E-state index is 13.0. The number of nitrogens with one attached hydrogen (secondary N) is 1. The summed E-state index contributed by atoms with van der Waals surface area (Å²) in [6.45, 7) is 3.60. The van der Waals surface area contributed by atoms with E-state index >= 15 is 0 Å². The van der Waals surface area contributed by atoms with Crippen LogP contribution < -0.4 is 10.4 Å². The van der Waals surface area contributed by atoms with Crippen molar-refractivity contribution < 1.29 is 22.8 Å². The summed E-state index contributed by atoms with van der Waals surface area (Å²) in [6.07, 6.45) is -2.39. The van der Waals surface area contributed by atoms with Crippen molar-refractivity contribution in [3.8, 4) is 0 Å². The Bertz CT molecular complexity index is 834. The van der Waals surface area contributed by atoms with Gasteiger partial charge in [0, 0.05) is 29.9 Å². The highest BCUT2D eigenvalue weighted by Gasteiger charge is 2.57. The number of hydroxylamine groups is 2. The molecule has 146 valence electrons.